The molecular weight excluding hydrogens is 383 g/mol. The Morgan fingerprint density at radius 2 is 1.00 bits per heavy atom. The van der Waals surface area contributed by atoms with Crippen LogP contribution in [0, 0.1) is 0 Å². The Balaban J connectivity index is 2.50. The van der Waals surface area contributed by atoms with Crippen molar-refractivity contribution in [2.24, 2.45) is 0 Å². The van der Waals surface area contributed by atoms with Crippen LogP contribution >= 0.6 is 20.8 Å². The molecule has 0 N–H and O–H groups in total. The number of hydrogen-bond donors (Lipinski definition) is 0. The van der Waals surface area contributed by atoms with Gasteiger partial charge in [-0.2, -0.15) is 0 Å². The number of benzene rings is 3. The Hall–Kier alpha value is -1.96. The SMILES string of the molecule is COC(=O)P(Br)(c1ccccc1)(c1ccccc1)c1ccccc1. The van der Waals surface area contributed by atoms with Gasteiger partial charge in [-0.3, -0.25) is 0 Å². The van der Waals surface area contributed by atoms with E-state index in [0.717, 1.165) is 15.9 Å². The molecule has 3 aromatic carbocycles. The number of hydrogen-bond acceptors (Lipinski definition) is 2. The van der Waals surface area contributed by atoms with Gasteiger partial charge in [-0.05, 0) is 0 Å². The molecule has 0 spiro atoms. The van der Waals surface area contributed by atoms with E-state index in [0.29, 0.717) is 0 Å². The fraction of sp³-hybridized carbons (Fsp3) is 0.0500. The van der Waals surface area contributed by atoms with Gasteiger partial charge < -0.3 is 0 Å². The van der Waals surface area contributed by atoms with E-state index in [9.17, 15) is 4.79 Å². The quantitative estimate of drug-likeness (QED) is 0.598. The molecule has 0 aliphatic rings. The van der Waals surface area contributed by atoms with Crippen LogP contribution in [0.3, 0.4) is 0 Å². The molecule has 0 amide bonds. The van der Waals surface area contributed by atoms with Crippen molar-refractivity contribution in [2.75, 3.05) is 7.11 Å². The van der Waals surface area contributed by atoms with Crippen LogP contribution < -0.4 is 15.9 Å². The molecule has 0 aliphatic heterocycles. The molecule has 0 heterocycles. The third-order valence-corrected chi connectivity index (χ3v) is 13.5. The van der Waals surface area contributed by atoms with Crippen molar-refractivity contribution >= 4 is 42.4 Å². The van der Waals surface area contributed by atoms with Crippen molar-refractivity contribution in [2.45, 2.75) is 0 Å². The Morgan fingerprint density at radius 3 is 1.25 bits per heavy atom. The molecule has 0 aromatic heterocycles. The van der Waals surface area contributed by atoms with Gasteiger partial charge in [0, 0.05) is 0 Å². The Kier molecular flexibility index (Phi) is 4.58. The van der Waals surface area contributed by atoms with E-state index in [1.165, 1.54) is 7.11 Å². The topological polar surface area (TPSA) is 26.3 Å². The van der Waals surface area contributed by atoms with Gasteiger partial charge in [0.1, 0.15) is 0 Å². The van der Waals surface area contributed by atoms with Crippen LogP contribution in [0.2, 0.25) is 0 Å². The Bertz CT molecular complexity index is 736. The van der Waals surface area contributed by atoms with E-state index >= 15 is 0 Å². The summed E-state index contributed by atoms with van der Waals surface area (Å²) in [7, 11) is 1.44. The number of rotatable bonds is 4. The van der Waals surface area contributed by atoms with Gasteiger partial charge in [0.25, 0.3) is 0 Å². The summed E-state index contributed by atoms with van der Waals surface area (Å²) in [5, 5.41) is -0.816. The second kappa shape index (κ2) is 6.51. The number of ether oxygens (including phenoxy) is 1. The first-order valence-electron chi connectivity index (χ1n) is 7.61. The monoisotopic (exact) mass is 400 g/mol. The maximum atomic E-state index is 13.3. The van der Waals surface area contributed by atoms with Crippen molar-refractivity contribution in [3.63, 3.8) is 0 Å². The van der Waals surface area contributed by atoms with Crippen molar-refractivity contribution in [3.05, 3.63) is 91.0 Å². The molecule has 0 saturated carbocycles. The molecule has 0 atom stereocenters. The minimum absolute atomic E-state index is 0.260. The van der Waals surface area contributed by atoms with E-state index in [1.54, 1.807) is 0 Å². The minimum atomic E-state index is -3.59. The van der Waals surface area contributed by atoms with Crippen LogP contribution in [0.1, 0.15) is 0 Å². The van der Waals surface area contributed by atoms with Crippen molar-refractivity contribution in [1.82, 2.24) is 0 Å². The van der Waals surface area contributed by atoms with Gasteiger partial charge in [0.2, 0.25) is 0 Å². The van der Waals surface area contributed by atoms with Crippen LogP contribution in [-0.2, 0) is 4.74 Å². The number of carbonyl (C=O) groups is 1. The van der Waals surface area contributed by atoms with Gasteiger partial charge in [-0.25, -0.2) is 0 Å². The third kappa shape index (κ3) is 2.31. The van der Waals surface area contributed by atoms with Gasteiger partial charge in [0.05, 0.1) is 0 Å². The Morgan fingerprint density at radius 1 is 0.708 bits per heavy atom. The normalized spacial score (nSPS) is 12.8. The van der Waals surface area contributed by atoms with Crippen molar-refractivity contribution < 1.29 is 9.53 Å². The molecule has 2 nitrogen and oxygen atoms in total. The van der Waals surface area contributed by atoms with Gasteiger partial charge in [-0.1, -0.05) is 0 Å². The van der Waals surface area contributed by atoms with Gasteiger partial charge in [-0.15, -0.1) is 0 Å². The van der Waals surface area contributed by atoms with Crippen LogP contribution in [-0.4, -0.2) is 12.8 Å². The molecule has 0 unspecified atom stereocenters. The molecule has 0 radical (unpaired) electrons. The molecule has 0 aliphatic carbocycles. The first-order valence-corrected chi connectivity index (χ1v) is 11.9. The number of carbonyl (C=O) groups excluding carboxylic acids is 1. The zero-order valence-corrected chi connectivity index (χ0v) is 15.8. The van der Waals surface area contributed by atoms with Gasteiger partial charge >= 0.3 is 150 Å². The zero-order chi connectivity index (χ0) is 17.1. The Labute approximate surface area is 150 Å². The van der Waals surface area contributed by atoms with E-state index in [4.69, 9.17) is 4.74 Å². The molecule has 0 bridgehead atoms. The van der Waals surface area contributed by atoms with Crippen LogP contribution in [0.4, 0.5) is 4.79 Å². The summed E-state index contributed by atoms with van der Waals surface area (Å²) in [5.41, 5.74) is -0.260. The van der Waals surface area contributed by atoms with E-state index in [1.807, 2.05) is 91.0 Å². The molecule has 3 aromatic rings. The van der Waals surface area contributed by atoms with E-state index < -0.39 is 5.31 Å². The fourth-order valence-corrected chi connectivity index (χ4v) is 9.69. The number of halogens is 1. The second-order valence-corrected chi connectivity index (χ2v) is 13.7. The first-order chi connectivity index (χ1) is 11.6. The second-order valence-electron chi connectivity index (χ2n) is 5.49. The molecule has 24 heavy (non-hydrogen) atoms. The molecule has 0 saturated heterocycles. The van der Waals surface area contributed by atoms with E-state index in [-0.39, 0.29) is 5.71 Å². The average Bonchev–Trinajstić information content (AvgIpc) is 2.69. The summed E-state index contributed by atoms with van der Waals surface area (Å²) < 4.78 is 5.35. The molecule has 3 rings (SSSR count). The predicted molar refractivity (Wildman–Crippen MR) is 106 cm³/mol. The summed E-state index contributed by atoms with van der Waals surface area (Å²) in [6, 6.07) is 29.5. The maximum absolute atomic E-state index is 13.3. The zero-order valence-electron chi connectivity index (χ0n) is 13.3. The first kappa shape index (κ1) is 16.9. The van der Waals surface area contributed by atoms with E-state index in [2.05, 4.69) is 15.5 Å². The van der Waals surface area contributed by atoms with Crippen molar-refractivity contribution in [3.8, 4) is 0 Å². The third-order valence-electron chi connectivity index (χ3n) is 4.24. The van der Waals surface area contributed by atoms with Gasteiger partial charge in [0.15, 0.2) is 0 Å². The molecule has 4 heteroatoms. The van der Waals surface area contributed by atoms with Crippen molar-refractivity contribution in [1.29, 1.82) is 0 Å². The van der Waals surface area contributed by atoms with Crippen LogP contribution in [0.25, 0.3) is 0 Å². The summed E-state index contributed by atoms with van der Waals surface area (Å²) in [6.07, 6.45) is 0. The standard InChI is InChI=1S/C20H18BrO2P/c1-23-20(22)24(21,17-11-5-2-6-12-17,18-13-7-3-8-14-18)19-15-9-4-10-16-19/h2-16H,1H3. The molecule has 122 valence electrons. The van der Waals surface area contributed by atoms with Crippen LogP contribution in [0.15, 0.2) is 91.0 Å². The molecular formula is C20H18BrO2P. The summed E-state index contributed by atoms with van der Waals surface area (Å²) in [4.78, 5) is 13.3. The fourth-order valence-electron chi connectivity index (χ4n) is 3.06. The molecule has 0 fully saturated rings. The average molecular weight is 401 g/mol. The summed E-state index contributed by atoms with van der Waals surface area (Å²) >= 11 is 4.00. The predicted octanol–water partition coefficient (Wildman–Crippen LogP) is 4.59. The van der Waals surface area contributed by atoms with Crippen LogP contribution in [0.5, 0.6) is 0 Å². The summed E-state index contributed by atoms with van der Waals surface area (Å²) in [5.74, 6) is 0. The number of methoxy groups -OCH3 is 1. The summed E-state index contributed by atoms with van der Waals surface area (Å²) in [6.45, 7) is 0.